The van der Waals surface area contributed by atoms with E-state index in [9.17, 15) is 8.42 Å². The summed E-state index contributed by atoms with van der Waals surface area (Å²) in [5.74, 6) is 0. The van der Waals surface area contributed by atoms with Crippen molar-refractivity contribution in [3.05, 3.63) is 35.4 Å². The second-order valence-electron chi connectivity index (χ2n) is 4.89. The van der Waals surface area contributed by atoms with E-state index in [4.69, 9.17) is 5.73 Å². The molecule has 5 nitrogen and oxygen atoms in total. The smallest absolute Gasteiger partial charge is 0.282 e. The molecule has 2 rings (SSSR count). The minimum absolute atomic E-state index is 0.393. The van der Waals surface area contributed by atoms with E-state index in [1.165, 1.54) is 4.31 Å². The zero-order chi connectivity index (χ0) is 13.9. The van der Waals surface area contributed by atoms with Gasteiger partial charge in [-0.1, -0.05) is 24.3 Å². The Morgan fingerprint density at radius 1 is 1.16 bits per heavy atom. The van der Waals surface area contributed by atoms with Crippen molar-refractivity contribution in [2.75, 3.05) is 20.1 Å². The van der Waals surface area contributed by atoms with Gasteiger partial charge in [0.15, 0.2) is 0 Å². The van der Waals surface area contributed by atoms with Gasteiger partial charge in [0.05, 0.1) is 0 Å². The molecule has 0 unspecified atom stereocenters. The topological polar surface area (TPSA) is 66.6 Å². The van der Waals surface area contributed by atoms with Crippen molar-refractivity contribution in [2.45, 2.75) is 25.9 Å². The molecule has 1 fully saturated rings. The fourth-order valence-electron chi connectivity index (χ4n) is 2.24. The van der Waals surface area contributed by atoms with Crippen LogP contribution in [0.15, 0.2) is 24.3 Å². The highest BCUT2D eigenvalue weighted by Crippen LogP contribution is 2.17. The monoisotopic (exact) mass is 283 g/mol. The maximum Gasteiger partial charge on any atom is 0.282 e. The molecule has 1 heterocycles. The van der Waals surface area contributed by atoms with Crippen LogP contribution in [-0.4, -0.2) is 37.2 Å². The van der Waals surface area contributed by atoms with Gasteiger partial charge in [-0.05, 0) is 24.0 Å². The van der Waals surface area contributed by atoms with Gasteiger partial charge in [0.1, 0.15) is 0 Å². The molecule has 0 radical (unpaired) electrons. The third-order valence-corrected chi connectivity index (χ3v) is 5.38. The Morgan fingerprint density at radius 3 is 2.21 bits per heavy atom. The summed E-state index contributed by atoms with van der Waals surface area (Å²) < 4.78 is 27.6. The Labute approximate surface area is 115 Å². The van der Waals surface area contributed by atoms with E-state index in [0.29, 0.717) is 26.2 Å². The molecule has 1 aliphatic rings. The summed E-state index contributed by atoms with van der Waals surface area (Å²) in [5.41, 5.74) is 7.56. The molecule has 0 aromatic heterocycles. The van der Waals surface area contributed by atoms with Crippen molar-refractivity contribution < 1.29 is 8.42 Å². The summed E-state index contributed by atoms with van der Waals surface area (Å²) in [6.45, 7) is 2.17. The highest BCUT2D eigenvalue weighted by molar-refractivity contribution is 7.86. The van der Waals surface area contributed by atoms with Gasteiger partial charge in [-0.25, -0.2) is 0 Å². The summed E-state index contributed by atoms with van der Waals surface area (Å²) in [7, 11) is -1.68. The first-order valence-corrected chi connectivity index (χ1v) is 7.93. The molecule has 106 valence electrons. The van der Waals surface area contributed by atoms with Gasteiger partial charge in [0.2, 0.25) is 0 Å². The van der Waals surface area contributed by atoms with Crippen LogP contribution in [0.25, 0.3) is 0 Å². The van der Waals surface area contributed by atoms with E-state index in [-0.39, 0.29) is 0 Å². The Morgan fingerprint density at radius 2 is 1.68 bits per heavy atom. The molecule has 2 N–H and O–H groups in total. The minimum atomic E-state index is -3.31. The molecule has 0 amide bonds. The maximum atomic E-state index is 12.3. The summed E-state index contributed by atoms with van der Waals surface area (Å²) in [6, 6.07) is 7.73. The molecule has 19 heavy (non-hydrogen) atoms. The first-order chi connectivity index (χ1) is 9.04. The Bertz CT molecular complexity index is 507. The third-order valence-electron chi connectivity index (χ3n) is 3.45. The van der Waals surface area contributed by atoms with Gasteiger partial charge in [-0.2, -0.15) is 17.0 Å². The largest absolute Gasteiger partial charge is 0.326 e. The number of nitrogens with two attached hydrogens (primary N) is 1. The number of benzene rings is 1. The summed E-state index contributed by atoms with van der Waals surface area (Å²) in [6.07, 6.45) is 1.91. The fourth-order valence-corrected chi connectivity index (χ4v) is 3.66. The predicted octanol–water partition coefficient (Wildman–Crippen LogP) is 0.918. The molecule has 6 heteroatoms. The molecule has 0 spiro atoms. The lowest BCUT2D eigenvalue weighted by Crippen LogP contribution is -2.39. The van der Waals surface area contributed by atoms with Crippen molar-refractivity contribution in [2.24, 2.45) is 5.73 Å². The molecule has 1 aromatic carbocycles. The zero-order valence-corrected chi connectivity index (χ0v) is 12.1. The van der Waals surface area contributed by atoms with E-state index < -0.39 is 10.2 Å². The van der Waals surface area contributed by atoms with Crippen molar-refractivity contribution in [1.29, 1.82) is 0 Å². The average molecular weight is 283 g/mol. The highest BCUT2D eigenvalue weighted by Gasteiger charge is 2.29. The standard InChI is InChI=1S/C13H21N3O2S/c1-15(19(17,18)16-8-2-3-9-16)11-13-6-4-12(10-14)5-7-13/h4-7H,2-3,8-11,14H2,1H3. The number of nitrogens with zero attached hydrogens (tertiary/aromatic N) is 2. The van der Waals surface area contributed by atoms with E-state index in [2.05, 4.69) is 0 Å². The van der Waals surface area contributed by atoms with E-state index in [1.807, 2.05) is 24.3 Å². The third kappa shape index (κ3) is 3.33. The second-order valence-corrected chi connectivity index (χ2v) is 6.93. The Balaban J connectivity index is 2.04. The van der Waals surface area contributed by atoms with Crippen molar-refractivity contribution in [1.82, 2.24) is 8.61 Å². The van der Waals surface area contributed by atoms with Gasteiger partial charge in [-0.3, -0.25) is 0 Å². The van der Waals surface area contributed by atoms with Crippen LogP contribution in [0.5, 0.6) is 0 Å². The van der Waals surface area contributed by atoms with Crippen LogP contribution in [0.2, 0.25) is 0 Å². The fraction of sp³-hybridized carbons (Fsp3) is 0.538. The van der Waals surface area contributed by atoms with Crippen molar-refractivity contribution >= 4 is 10.2 Å². The van der Waals surface area contributed by atoms with Gasteiger partial charge < -0.3 is 5.73 Å². The van der Waals surface area contributed by atoms with Crippen LogP contribution in [0, 0.1) is 0 Å². The lowest BCUT2D eigenvalue weighted by atomic mass is 10.1. The van der Waals surface area contributed by atoms with Crippen LogP contribution >= 0.6 is 0 Å². The van der Waals surface area contributed by atoms with E-state index in [0.717, 1.165) is 24.0 Å². The second kappa shape index (κ2) is 6.00. The van der Waals surface area contributed by atoms with Crippen LogP contribution in [0.1, 0.15) is 24.0 Å². The Kier molecular flexibility index (Phi) is 4.57. The van der Waals surface area contributed by atoms with Crippen molar-refractivity contribution in [3.8, 4) is 0 Å². The van der Waals surface area contributed by atoms with Crippen molar-refractivity contribution in [3.63, 3.8) is 0 Å². The molecule has 1 aliphatic heterocycles. The average Bonchev–Trinajstić information content (AvgIpc) is 2.94. The molecule has 0 saturated carbocycles. The molecule has 1 aromatic rings. The molecule has 0 bridgehead atoms. The maximum absolute atomic E-state index is 12.3. The summed E-state index contributed by atoms with van der Waals surface area (Å²) in [5, 5.41) is 0. The van der Waals surface area contributed by atoms with Crippen LogP contribution in [0.4, 0.5) is 0 Å². The molecule has 1 saturated heterocycles. The molecule has 0 atom stereocenters. The molecular formula is C13H21N3O2S. The van der Waals surface area contributed by atoms with E-state index >= 15 is 0 Å². The van der Waals surface area contributed by atoms with Gasteiger partial charge >= 0.3 is 0 Å². The normalized spacial score (nSPS) is 17.2. The van der Waals surface area contributed by atoms with Crippen LogP contribution in [0.3, 0.4) is 0 Å². The lowest BCUT2D eigenvalue weighted by Gasteiger charge is -2.23. The summed E-state index contributed by atoms with van der Waals surface area (Å²) >= 11 is 0. The first-order valence-electron chi connectivity index (χ1n) is 6.53. The SMILES string of the molecule is CN(Cc1ccc(CN)cc1)S(=O)(=O)N1CCCC1. The van der Waals surface area contributed by atoms with Crippen LogP contribution < -0.4 is 5.73 Å². The number of hydrogen-bond acceptors (Lipinski definition) is 3. The number of rotatable bonds is 5. The highest BCUT2D eigenvalue weighted by atomic mass is 32.2. The molecule has 0 aliphatic carbocycles. The van der Waals surface area contributed by atoms with Gasteiger partial charge in [0, 0.05) is 33.2 Å². The zero-order valence-electron chi connectivity index (χ0n) is 11.2. The van der Waals surface area contributed by atoms with E-state index in [1.54, 1.807) is 11.4 Å². The minimum Gasteiger partial charge on any atom is -0.326 e. The predicted molar refractivity (Wildman–Crippen MR) is 75.5 cm³/mol. The van der Waals surface area contributed by atoms with Gasteiger partial charge in [-0.15, -0.1) is 0 Å². The summed E-state index contributed by atoms with van der Waals surface area (Å²) in [4.78, 5) is 0. The van der Waals surface area contributed by atoms with Gasteiger partial charge in [0.25, 0.3) is 10.2 Å². The Hall–Kier alpha value is -0.950. The quantitative estimate of drug-likeness (QED) is 0.873. The molecular weight excluding hydrogens is 262 g/mol. The number of hydrogen-bond donors (Lipinski definition) is 1. The lowest BCUT2D eigenvalue weighted by molar-refractivity contribution is 0.392. The van der Waals surface area contributed by atoms with Crippen LogP contribution in [-0.2, 0) is 23.3 Å². The first kappa shape index (κ1) is 14.5.